The van der Waals surface area contributed by atoms with Crippen LogP contribution in [0.5, 0.6) is 0 Å². The van der Waals surface area contributed by atoms with Gasteiger partial charge in [0.05, 0.1) is 6.54 Å². The van der Waals surface area contributed by atoms with Crippen LogP contribution in [0.25, 0.3) is 23.0 Å². The highest BCUT2D eigenvalue weighted by atomic mass is 16.5. The van der Waals surface area contributed by atoms with Gasteiger partial charge in [-0.25, -0.2) is 0 Å². The molecular formula is C14H13N3O2. The third kappa shape index (κ3) is 2.28. The molecule has 0 radical (unpaired) electrons. The number of aryl methyl sites for hydroxylation is 1. The zero-order valence-electron chi connectivity index (χ0n) is 10.5. The third-order valence-electron chi connectivity index (χ3n) is 2.78. The molecule has 5 heteroatoms. The first-order valence-corrected chi connectivity index (χ1v) is 5.96. The molecule has 3 rings (SSSR count). The lowest BCUT2D eigenvalue weighted by Crippen LogP contribution is -1.92. The summed E-state index contributed by atoms with van der Waals surface area (Å²) < 4.78 is 10.7. The Bertz CT molecular complexity index is 700. The summed E-state index contributed by atoms with van der Waals surface area (Å²) in [5, 5.41) is 3.96. The van der Waals surface area contributed by atoms with Crippen molar-refractivity contribution in [3.8, 4) is 23.0 Å². The second kappa shape index (κ2) is 4.70. The molecule has 0 amide bonds. The average Bonchev–Trinajstić information content (AvgIpc) is 3.07. The molecule has 1 aromatic carbocycles. The summed E-state index contributed by atoms with van der Waals surface area (Å²) in [7, 11) is 0. The molecule has 96 valence electrons. The number of hydrogen-bond donors (Lipinski definition) is 1. The number of nitrogens with two attached hydrogens (primary N) is 1. The predicted molar refractivity (Wildman–Crippen MR) is 70.1 cm³/mol. The molecule has 0 unspecified atom stereocenters. The maximum Gasteiger partial charge on any atom is 0.293 e. The van der Waals surface area contributed by atoms with Crippen molar-refractivity contribution in [3.05, 3.63) is 47.7 Å². The maximum atomic E-state index is 5.49. The van der Waals surface area contributed by atoms with Gasteiger partial charge in [-0.15, -0.1) is 0 Å². The zero-order chi connectivity index (χ0) is 13.2. The third-order valence-corrected chi connectivity index (χ3v) is 2.78. The van der Waals surface area contributed by atoms with Gasteiger partial charge in [0.2, 0.25) is 5.82 Å². The fourth-order valence-corrected chi connectivity index (χ4v) is 1.83. The topological polar surface area (TPSA) is 78.1 Å². The number of nitrogens with zero attached hydrogens (tertiary/aromatic N) is 2. The second-order valence-corrected chi connectivity index (χ2v) is 4.26. The summed E-state index contributed by atoms with van der Waals surface area (Å²) in [5.41, 5.74) is 7.56. The molecule has 0 saturated heterocycles. The van der Waals surface area contributed by atoms with Gasteiger partial charge in [0.15, 0.2) is 5.76 Å². The SMILES string of the molecule is Cc1cccc(-c2noc(-c3ccc(CN)o3)n2)c1. The van der Waals surface area contributed by atoms with E-state index in [1.165, 1.54) is 0 Å². The first-order chi connectivity index (χ1) is 9.26. The molecule has 0 bridgehead atoms. The molecule has 0 fully saturated rings. The quantitative estimate of drug-likeness (QED) is 0.778. The van der Waals surface area contributed by atoms with Crippen LogP contribution in [0.4, 0.5) is 0 Å². The van der Waals surface area contributed by atoms with Crippen LogP contribution in [-0.4, -0.2) is 10.1 Å². The second-order valence-electron chi connectivity index (χ2n) is 4.26. The van der Waals surface area contributed by atoms with Crippen molar-refractivity contribution in [2.24, 2.45) is 5.73 Å². The van der Waals surface area contributed by atoms with Crippen LogP contribution in [0, 0.1) is 6.92 Å². The number of benzene rings is 1. The van der Waals surface area contributed by atoms with Crippen LogP contribution < -0.4 is 5.73 Å². The van der Waals surface area contributed by atoms with Crippen LogP contribution >= 0.6 is 0 Å². The van der Waals surface area contributed by atoms with Crippen molar-refractivity contribution >= 4 is 0 Å². The maximum absolute atomic E-state index is 5.49. The minimum absolute atomic E-state index is 0.346. The molecule has 0 aliphatic heterocycles. The summed E-state index contributed by atoms with van der Waals surface area (Å²) >= 11 is 0. The van der Waals surface area contributed by atoms with Gasteiger partial charge in [0, 0.05) is 5.56 Å². The summed E-state index contributed by atoms with van der Waals surface area (Å²) in [6.45, 7) is 2.36. The average molecular weight is 255 g/mol. The largest absolute Gasteiger partial charge is 0.455 e. The normalized spacial score (nSPS) is 10.8. The Labute approximate surface area is 110 Å². The minimum atomic E-state index is 0.346. The fourth-order valence-electron chi connectivity index (χ4n) is 1.83. The highest BCUT2D eigenvalue weighted by molar-refractivity contribution is 5.58. The number of furan rings is 1. The lowest BCUT2D eigenvalue weighted by Gasteiger charge is -1.94. The molecule has 0 aliphatic rings. The van der Waals surface area contributed by atoms with Crippen molar-refractivity contribution in [3.63, 3.8) is 0 Å². The van der Waals surface area contributed by atoms with Crippen molar-refractivity contribution in [2.75, 3.05) is 0 Å². The van der Waals surface area contributed by atoms with Gasteiger partial charge in [0.1, 0.15) is 5.76 Å². The standard InChI is InChI=1S/C14H13N3O2/c1-9-3-2-4-10(7-9)13-16-14(19-17-13)12-6-5-11(8-15)18-12/h2-7H,8,15H2,1H3. The Morgan fingerprint density at radius 1 is 1.21 bits per heavy atom. The van der Waals surface area contributed by atoms with Gasteiger partial charge in [-0.2, -0.15) is 4.98 Å². The van der Waals surface area contributed by atoms with Gasteiger partial charge in [0.25, 0.3) is 5.89 Å². The fraction of sp³-hybridized carbons (Fsp3) is 0.143. The van der Waals surface area contributed by atoms with Gasteiger partial charge >= 0.3 is 0 Å². The van der Waals surface area contributed by atoms with Crippen molar-refractivity contribution < 1.29 is 8.94 Å². The van der Waals surface area contributed by atoms with Gasteiger partial charge in [-0.1, -0.05) is 28.9 Å². The molecule has 2 heterocycles. The van der Waals surface area contributed by atoms with E-state index in [-0.39, 0.29) is 0 Å². The summed E-state index contributed by atoms with van der Waals surface area (Å²) in [4.78, 5) is 4.33. The van der Waals surface area contributed by atoms with Crippen LogP contribution in [0.1, 0.15) is 11.3 Å². The van der Waals surface area contributed by atoms with Crippen molar-refractivity contribution in [1.29, 1.82) is 0 Å². The number of rotatable bonds is 3. The Kier molecular flexibility index (Phi) is 2.89. The van der Waals surface area contributed by atoms with E-state index in [9.17, 15) is 0 Å². The Morgan fingerprint density at radius 2 is 2.11 bits per heavy atom. The number of hydrogen-bond acceptors (Lipinski definition) is 5. The lowest BCUT2D eigenvalue weighted by molar-refractivity contribution is 0.412. The molecular weight excluding hydrogens is 242 g/mol. The zero-order valence-corrected chi connectivity index (χ0v) is 10.5. The summed E-state index contributed by atoms with van der Waals surface area (Å²) in [6.07, 6.45) is 0. The van der Waals surface area contributed by atoms with Gasteiger partial charge in [-0.05, 0) is 25.1 Å². The smallest absolute Gasteiger partial charge is 0.293 e. The summed E-state index contributed by atoms with van der Waals surface area (Å²) in [6, 6.07) is 11.5. The molecule has 0 spiro atoms. The van der Waals surface area contributed by atoms with E-state index in [1.54, 1.807) is 12.1 Å². The van der Waals surface area contributed by atoms with E-state index < -0.39 is 0 Å². The molecule has 2 N–H and O–H groups in total. The monoisotopic (exact) mass is 255 g/mol. The van der Waals surface area contributed by atoms with Crippen LogP contribution in [0.3, 0.4) is 0 Å². The van der Waals surface area contributed by atoms with Crippen LogP contribution in [0.15, 0.2) is 45.3 Å². The first-order valence-electron chi connectivity index (χ1n) is 5.96. The molecule has 2 aromatic heterocycles. The van der Waals surface area contributed by atoms with E-state index in [0.717, 1.165) is 11.1 Å². The van der Waals surface area contributed by atoms with Crippen LogP contribution in [0.2, 0.25) is 0 Å². The molecule has 0 atom stereocenters. The Balaban J connectivity index is 1.95. The lowest BCUT2D eigenvalue weighted by atomic mass is 10.1. The summed E-state index contributed by atoms with van der Waals surface area (Å²) in [5.74, 6) is 2.12. The molecule has 19 heavy (non-hydrogen) atoms. The van der Waals surface area contributed by atoms with Crippen LogP contribution in [-0.2, 0) is 6.54 Å². The number of aromatic nitrogens is 2. The van der Waals surface area contributed by atoms with E-state index in [0.29, 0.717) is 29.8 Å². The van der Waals surface area contributed by atoms with E-state index in [1.807, 2.05) is 31.2 Å². The predicted octanol–water partition coefficient (Wildman–Crippen LogP) is 2.76. The molecule has 3 aromatic rings. The highest BCUT2D eigenvalue weighted by Crippen LogP contribution is 2.24. The van der Waals surface area contributed by atoms with E-state index in [2.05, 4.69) is 10.1 Å². The van der Waals surface area contributed by atoms with E-state index in [4.69, 9.17) is 14.7 Å². The van der Waals surface area contributed by atoms with E-state index >= 15 is 0 Å². The minimum Gasteiger partial charge on any atom is -0.455 e. The molecule has 0 saturated carbocycles. The van der Waals surface area contributed by atoms with Gasteiger partial charge < -0.3 is 14.7 Å². The highest BCUT2D eigenvalue weighted by Gasteiger charge is 2.13. The van der Waals surface area contributed by atoms with Crippen molar-refractivity contribution in [1.82, 2.24) is 10.1 Å². The molecule has 0 aliphatic carbocycles. The first kappa shape index (κ1) is 11.7. The Morgan fingerprint density at radius 3 is 2.84 bits per heavy atom. The van der Waals surface area contributed by atoms with Crippen molar-refractivity contribution in [2.45, 2.75) is 13.5 Å². The van der Waals surface area contributed by atoms with Gasteiger partial charge in [-0.3, -0.25) is 0 Å². The Hall–Kier alpha value is -2.40. The molecule has 5 nitrogen and oxygen atoms in total.